The van der Waals surface area contributed by atoms with Gasteiger partial charge in [0, 0.05) is 16.9 Å². The van der Waals surface area contributed by atoms with E-state index in [1.165, 1.54) is 10.5 Å². The standard InChI is InChI=1S/C16H15NO2S/c18-15-13-8-4-5-9-14(13)16(19)17(15)11-20-10-12-6-2-1-3-7-12/h1-9,15,18H,10-11H2. The Kier molecular flexibility index (Phi) is 3.76. The first kappa shape index (κ1) is 13.2. The summed E-state index contributed by atoms with van der Waals surface area (Å²) in [4.78, 5) is 13.7. The molecule has 1 atom stereocenters. The Hall–Kier alpha value is -1.78. The summed E-state index contributed by atoms with van der Waals surface area (Å²) in [7, 11) is 0. The van der Waals surface area contributed by atoms with Crippen molar-refractivity contribution in [2.45, 2.75) is 12.0 Å². The number of amides is 1. The molecule has 0 saturated heterocycles. The van der Waals surface area contributed by atoms with Gasteiger partial charge in [-0.05, 0) is 11.6 Å². The highest BCUT2D eigenvalue weighted by molar-refractivity contribution is 7.98. The van der Waals surface area contributed by atoms with E-state index in [9.17, 15) is 9.90 Å². The van der Waals surface area contributed by atoms with Crippen molar-refractivity contribution in [1.82, 2.24) is 4.90 Å². The molecule has 1 aliphatic rings. The van der Waals surface area contributed by atoms with E-state index in [0.29, 0.717) is 17.0 Å². The van der Waals surface area contributed by atoms with Gasteiger partial charge in [-0.25, -0.2) is 0 Å². The molecule has 2 aromatic rings. The number of fused-ring (bicyclic) bond motifs is 1. The molecule has 0 aliphatic carbocycles. The summed E-state index contributed by atoms with van der Waals surface area (Å²) in [5.74, 6) is 1.23. The maximum atomic E-state index is 12.2. The summed E-state index contributed by atoms with van der Waals surface area (Å²) >= 11 is 1.63. The Morgan fingerprint density at radius 1 is 1.05 bits per heavy atom. The van der Waals surface area contributed by atoms with Crippen LogP contribution in [0.3, 0.4) is 0 Å². The van der Waals surface area contributed by atoms with Crippen LogP contribution in [-0.2, 0) is 5.75 Å². The summed E-state index contributed by atoms with van der Waals surface area (Å²) in [6, 6.07) is 17.3. The minimum Gasteiger partial charge on any atom is -0.369 e. The molecule has 1 amide bonds. The van der Waals surface area contributed by atoms with Gasteiger partial charge in [0.25, 0.3) is 5.91 Å². The van der Waals surface area contributed by atoms with Crippen molar-refractivity contribution in [3.05, 3.63) is 71.3 Å². The van der Waals surface area contributed by atoms with Crippen molar-refractivity contribution < 1.29 is 9.90 Å². The molecule has 1 aliphatic heterocycles. The van der Waals surface area contributed by atoms with E-state index >= 15 is 0 Å². The van der Waals surface area contributed by atoms with Crippen molar-refractivity contribution in [1.29, 1.82) is 0 Å². The molecular weight excluding hydrogens is 270 g/mol. The third-order valence-electron chi connectivity index (χ3n) is 3.37. The summed E-state index contributed by atoms with van der Waals surface area (Å²) in [6.07, 6.45) is -0.818. The highest BCUT2D eigenvalue weighted by atomic mass is 32.2. The maximum Gasteiger partial charge on any atom is 0.257 e. The number of thioether (sulfide) groups is 1. The molecule has 2 aromatic carbocycles. The number of hydrogen-bond acceptors (Lipinski definition) is 3. The third-order valence-corrected chi connectivity index (χ3v) is 4.37. The number of nitrogens with zero attached hydrogens (tertiary/aromatic N) is 1. The highest BCUT2D eigenvalue weighted by Gasteiger charge is 2.34. The zero-order valence-corrected chi connectivity index (χ0v) is 11.7. The van der Waals surface area contributed by atoms with Crippen molar-refractivity contribution >= 4 is 17.7 Å². The van der Waals surface area contributed by atoms with E-state index < -0.39 is 6.23 Å². The molecule has 0 aromatic heterocycles. The molecule has 1 heterocycles. The van der Waals surface area contributed by atoms with Gasteiger partial charge >= 0.3 is 0 Å². The third kappa shape index (κ3) is 2.44. The van der Waals surface area contributed by atoms with E-state index in [0.717, 1.165) is 5.75 Å². The quantitative estimate of drug-likeness (QED) is 0.938. The van der Waals surface area contributed by atoms with Crippen LogP contribution in [0.4, 0.5) is 0 Å². The lowest BCUT2D eigenvalue weighted by Crippen LogP contribution is -2.27. The highest BCUT2D eigenvalue weighted by Crippen LogP contribution is 2.32. The molecule has 0 saturated carbocycles. The molecule has 0 bridgehead atoms. The van der Waals surface area contributed by atoms with Crippen LogP contribution in [0.2, 0.25) is 0 Å². The van der Waals surface area contributed by atoms with Gasteiger partial charge < -0.3 is 5.11 Å². The van der Waals surface area contributed by atoms with E-state index in [1.54, 1.807) is 23.9 Å². The number of hydrogen-bond donors (Lipinski definition) is 1. The minimum absolute atomic E-state index is 0.0892. The summed E-state index contributed by atoms with van der Waals surface area (Å²) < 4.78 is 0. The van der Waals surface area contributed by atoms with Crippen LogP contribution in [0.5, 0.6) is 0 Å². The van der Waals surface area contributed by atoms with Crippen molar-refractivity contribution in [2.24, 2.45) is 0 Å². The molecule has 3 nitrogen and oxygen atoms in total. The Morgan fingerprint density at radius 2 is 1.75 bits per heavy atom. The molecule has 3 rings (SSSR count). The Morgan fingerprint density at radius 3 is 2.50 bits per heavy atom. The zero-order valence-electron chi connectivity index (χ0n) is 10.9. The molecule has 1 unspecified atom stereocenters. The molecule has 1 N–H and O–H groups in total. The maximum absolute atomic E-state index is 12.2. The second-order valence-electron chi connectivity index (χ2n) is 4.70. The summed E-state index contributed by atoms with van der Waals surface area (Å²) in [5, 5.41) is 10.2. The van der Waals surface area contributed by atoms with E-state index in [1.807, 2.05) is 30.3 Å². The molecule has 0 radical (unpaired) electrons. The summed E-state index contributed by atoms with van der Waals surface area (Å²) in [6.45, 7) is 0. The molecule has 0 spiro atoms. The first-order chi connectivity index (χ1) is 9.77. The van der Waals surface area contributed by atoms with Crippen LogP contribution in [0.15, 0.2) is 54.6 Å². The zero-order chi connectivity index (χ0) is 13.9. The fourth-order valence-electron chi connectivity index (χ4n) is 2.32. The van der Waals surface area contributed by atoms with Gasteiger partial charge in [0.05, 0.1) is 5.88 Å². The first-order valence-corrected chi connectivity index (χ1v) is 7.62. The average Bonchev–Trinajstić information content (AvgIpc) is 2.74. The van der Waals surface area contributed by atoms with Gasteiger partial charge in [-0.15, -0.1) is 11.8 Å². The predicted molar refractivity (Wildman–Crippen MR) is 80.2 cm³/mol. The van der Waals surface area contributed by atoms with Gasteiger partial charge in [-0.1, -0.05) is 48.5 Å². The van der Waals surface area contributed by atoms with Crippen LogP contribution in [-0.4, -0.2) is 21.8 Å². The normalized spacial score (nSPS) is 17.4. The number of carbonyl (C=O) groups is 1. The number of benzene rings is 2. The smallest absolute Gasteiger partial charge is 0.257 e. The van der Waals surface area contributed by atoms with Crippen LogP contribution < -0.4 is 0 Å². The SMILES string of the molecule is O=C1c2ccccc2C(O)N1CSCc1ccccc1. The second kappa shape index (κ2) is 5.69. The van der Waals surface area contributed by atoms with E-state index in [2.05, 4.69) is 12.1 Å². The van der Waals surface area contributed by atoms with Gasteiger partial charge in [-0.3, -0.25) is 9.69 Å². The van der Waals surface area contributed by atoms with Gasteiger partial charge in [-0.2, -0.15) is 0 Å². The Balaban J connectivity index is 1.64. The van der Waals surface area contributed by atoms with Crippen LogP contribution in [0.25, 0.3) is 0 Å². The Labute approximate surface area is 122 Å². The fraction of sp³-hybridized carbons (Fsp3) is 0.188. The lowest BCUT2D eigenvalue weighted by Gasteiger charge is -2.20. The summed E-state index contributed by atoms with van der Waals surface area (Å²) in [5.41, 5.74) is 2.54. The van der Waals surface area contributed by atoms with Crippen molar-refractivity contribution in [3.63, 3.8) is 0 Å². The fourth-order valence-corrected chi connectivity index (χ4v) is 3.29. The minimum atomic E-state index is -0.818. The number of aliphatic hydroxyl groups excluding tert-OH is 1. The van der Waals surface area contributed by atoms with Crippen LogP contribution >= 0.6 is 11.8 Å². The van der Waals surface area contributed by atoms with Crippen LogP contribution in [0, 0.1) is 0 Å². The lowest BCUT2D eigenvalue weighted by molar-refractivity contribution is 0.0271. The van der Waals surface area contributed by atoms with E-state index in [4.69, 9.17) is 0 Å². The lowest BCUT2D eigenvalue weighted by atomic mass is 10.1. The Bertz CT molecular complexity index is 615. The van der Waals surface area contributed by atoms with Crippen molar-refractivity contribution in [2.75, 3.05) is 5.88 Å². The molecular formula is C16H15NO2S. The van der Waals surface area contributed by atoms with Gasteiger partial charge in [0.15, 0.2) is 6.23 Å². The van der Waals surface area contributed by atoms with Gasteiger partial charge in [0.1, 0.15) is 0 Å². The average molecular weight is 285 g/mol. The van der Waals surface area contributed by atoms with E-state index in [-0.39, 0.29) is 5.91 Å². The number of aliphatic hydroxyl groups is 1. The molecule has 0 fully saturated rings. The number of carbonyl (C=O) groups excluding carboxylic acids is 1. The van der Waals surface area contributed by atoms with Gasteiger partial charge in [0.2, 0.25) is 0 Å². The first-order valence-electron chi connectivity index (χ1n) is 6.47. The predicted octanol–water partition coefficient (Wildman–Crippen LogP) is 3.02. The number of rotatable bonds is 4. The largest absolute Gasteiger partial charge is 0.369 e. The van der Waals surface area contributed by atoms with Crippen LogP contribution in [0.1, 0.15) is 27.7 Å². The molecule has 20 heavy (non-hydrogen) atoms. The monoisotopic (exact) mass is 285 g/mol. The molecule has 102 valence electrons. The topological polar surface area (TPSA) is 40.5 Å². The molecule has 4 heteroatoms. The van der Waals surface area contributed by atoms with Crippen molar-refractivity contribution in [3.8, 4) is 0 Å². The second-order valence-corrected chi connectivity index (χ2v) is 5.65.